The van der Waals surface area contributed by atoms with E-state index in [4.69, 9.17) is 0 Å². The van der Waals surface area contributed by atoms with Crippen LogP contribution >= 0.6 is 0 Å². The van der Waals surface area contributed by atoms with Gasteiger partial charge in [-0.3, -0.25) is 24.1 Å². The van der Waals surface area contributed by atoms with E-state index < -0.39 is 5.91 Å². The number of amides is 4. The first-order chi connectivity index (χ1) is 11.8. The van der Waals surface area contributed by atoms with Crippen LogP contribution in [-0.4, -0.2) is 40.8 Å². The van der Waals surface area contributed by atoms with E-state index in [0.717, 1.165) is 10.5 Å². The number of imide groups is 1. The fraction of sp³-hybridized carbons (Fsp3) is 0.389. The van der Waals surface area contributed by atoms with E-state index in [-0.39, 0.29) is 48.9 Å². The van der Waals surface area contributed by atoms with Gasteiger partial charge in [0, 0.05) is 30.5 Å². The van der Waals surface area contributed by atoms with Crippen molar-refractivity contribution in [3.8, 4) is 0 Å². The summed E-state index contributed by atoms with van der Waals surface area (Å²) in [6.45, 7) is 3.70. The molecule has 0 aromatic heterocycles. The summed E-state index contributed by atoms with van der Waals surface area (Å²) in [5, 5.41) is 2.78. The van der Waals surface area contributed by atoms with Gasteiger partial charge < -0.3 is 5.32 Å². The third-order valence-electron chi connectivity index (χ3n) is 4.39. The third kappa shape index (κ3) is 3.50. The summed E-state index contributed by atoms with van der Waals surface area (Å²) in [7, 11) is 0. The SMILES string of the molecule is CC(C)C1=CC(=O)NC2=CC(=NC(=O)CN3C(=O)CCC3=O)C=CC21. The van der Waals surface area contributed by atoms with Crippen LogP contribution in [-0.2, 0) is 19.2 Å². The van der Waals surface area contributed by atoms with Crippen molar-refractivity contribution in [3.63, 3.8) is 0 Å². The molecule has 130 valence electrons. The molecule has 3 rings (SSSR count). The topological polar surface area (TPSA) is 95.9 Å². The van der Waals surface area contributed by atoms with Gasteiger partial charge in [0.15, 0.2) is 0 Å². The van der Waals surface area contributed by atoms with E-state index in [1.807, 2.05) is 19.9 Å². The smallest absolute Gasteiger partial charge is 0.266 e. The van der Waals surface area contributed by atoms with Gasteiger partial charge >= 0.3 is 0 Å². The maximum Gasteiger partial charge on any atom is 0.266 e. The molecule has 1 saturated heterocycles. The van der Waals surface area contributed by atoms with Crippen LogP contribution < -0.4 is 5.32 Å². The molecule has 7 heteroatoms. The number of nitrogens with zero attached hydrogens (tertiary/aromatic N) is 2. The molecule has 1 aliphatic carbocycles. The average Bonchev–Trinajstić information content (AvgIpc) is 2.85. The number of fused-ring (bicyclic) bond motifs is 1. The Morgan fingerprint density at radius 1 is 1.24 bits per heavy atom. The predicted molar refractivity (Wildman–Crippen MR) is 90.2 cm³/mol. The number of allylic oxidation sites excluding steroid dienone is 3. The molecule has 1 fully saturated rings. The lowest BCUT2D eigenvalue weighted by Gasteiger charge is -2.29. The minimum atomic E-state index is -0.569. The molecule has 2 heterocycles. The summed E-state index contributed by atoms with van der Waals surface area (Å²) in [6.07, 6.45) is 7.15. The highest BCUT2D eigenvalue weighted by molar-refractivity contribution is 6.12. The lowest BCUT2D eigenvalue weighted by Crippen LogP contribution is -2.35. The molecule has 1 unspecified atom stereocenters. The van der Waals surface area contributed by atoms with Crippen molar-refractivity contribution >= 4 is 29.3 Å². The zero-order valence-electron chi connectivity index (χ0n) is 14.1. The molecule has 2 aliphatic heterocycles. The molecule has 0 aromatic rings. The molecule has 0 aromatic carbocycles. The Kier molecular flexibility index (Phi) is 4.48. The van der Waals surface area contributed by atoms with Crippen LogP contribution in [0.3, 0.4) is 0 Å². The molecule has 4 amide bonds. The number of hydrogen-bond acceptors (Lipinski definition) is 4. The molecular formula is C18H19N3O4. The zero-order valence-corrected chi connectivity index (χ0v) is 14.1. The molecule has 0 bridgehead atoms. The van der Waals surface area contributed by atoms with Gasteiger partial charge in [-0.1, -0.05) is 19.9 Å². The fourth-order valence-corrected chi connectivity index (χ4v) is 3.13. The molecule has 7 nitrogen and oxygen atoms in total. The van der Waals surface area contributed by atoms with Crippen molar-refractivity contribution in [1.82, 2.24) is 10.2 Å². The highest BCUT2D eigenvalue weighted by Crippen LogP contribution is 2.31. The van der Waals surface area contributed by atoms with E-state index >= 15 is 0 Å². The van der Waals surface area contributed by atoms with Crippen LogP contribution in [0.5, 0.6) is 0 Å². The number of nitrogens with one attached hydrogen (secondary N) is 1. The van der Waals surface area contributed by atoms with Gasteiger partial charge in [0.2, 0.25) is 17.7 Å². The van der Waals surface area contributed by atoms with E-state index in [2.05, 4.69) is 10.3 Å². The van der Waals surface area contributed by atoms with Gasteiger partial charge in [0.25, 0.3) is 5.91 Å². The number of hydrogen-bond donors (Lipinski definition) is 1. The van der Waals surface area contributed by atoms with Crippen LogP contribution in [0, 0.1) is 11.8 Å². The summed E-state index contributed by atoms with van der Waals surface area (Å²) in [5.74, 6) is -1.27. The Morgan fingerprint density at radius 2 is 1.92 bits per heavy atom. The largest absolute Gasteiger partial charge is 0.325 e. The number of carbonyl (C=O) groups excluding carboxylic acids is 4. The van der Waals surface area contributed by atoms with Crippen molar-refractivity contribution in [3.05, 3.63) is 35.6 Å². The minimum absolute atomic E-state index is 0.0338. The second-order valence-corrected chi connectivity index (χ2v) is 6.53. The van der Waals surface area contributed by atoms with Crippen molar-refractivity contribution in [2.24, 2.45) is 16.8 Å². The lowest BCUT2D eigenvalue weighted by molar-refractivity contribution is -0.141. The molecule has 25 heavy (non-hydrogen) atoms. The second kappa shape index (κ2) is 6.58. The zero-order chi connectivity index (χ0) is 18.1. The van der Waals surface area contributed by atoms with Crippen molar-refractivity contribution in [2.45, 2.75) is 26.7 Å². The molecule has 3 aliphatic rings. The fourth-order valence-electron chi connectivity index (χ4n) is 3.13. The minimum Gasteiger partial charge on any atom is -0.325 e. The van der Waals surface area contributed by atoms with E-state index in [1.165, 1.54) is 0 Å². The molecule has 1 N–H and O–H groups in total. The van der Waals surface area contributed by atoms with Crippen LogP contribution in [0.15, 0.2) is 40.6 Å². The summed E-state index contributed by atoms with van der Waals surface area (Å²) in [6, 6.07) is 0. The highest BCUT2D eigenvalue weighted by atomic mass is 16.2. The first kappa shape index (κ1) is 17.0. The Labute approximate surface area is 145 Å². The Balaban J connectivity index is 1.76. The molecule has 0 spiro atoms. The van der Waals surface area contributed by atoms with Gasteiger partial charge in [-0.2, -0.15) is 0 Å². The molecule has 1 atom stereocenters. The lowest BCUT2D eigenvalue weighted by atomic mass is 9.82. The highest BCUT2D eigenvalue weighted by Gasteiger charge is 2.31. The average molecular weight is 341 g/mol. The van der Waals surface area contributed by atoms with Crippen molar-refractivity contribution in [1.29, 1.82) is 0 Å². The Hall–Kier alpha value is -2.83. The third-order valence-corrected chi connectivity index (χ3v) is 4.39. The molecule has 0 radical (unpaired) electrons. The van der Waals surface area contributed by atoms with Crippen LogP contribution in [0.1, 0.15) is 26.7 Å². The number of likely N-dealkylation sites (tertiary alicyclic amines) is 1. The van der Waals surface area contributed by atoms with E-state index in [0.29, 0.717) is 11.4 Å². The second-order valence-electron chi connectivity index (χ2n) is 6.53. The maximum absolute atomic E-state index is 12.1. The van der Waals surface area contributed by atoms with Gasteiger partial charge in [-0.15, -0.1) is 0 Å². The van der Waals surface area contributed by atoms with E-state index in [9.17, 15) is 19.2 Å². The van der Waals surface area contributed by atoms with Crippen LogP contribution in [0.4, 0.5) is 0 Å². The van der Waals surface area contributed by atoms with Gasteiger partial charge in [-0.25, -0.2) is 4.99 Å². The molecular weight excluding hydrogens is 322 g/mol. The van der Waals surface area contributed by atoms with Gasteiger partial charge in [-0.05, 0) is 23.6 Å². The normalized spacial score (nSPS) is 24.4. The first-order valence-corrected chi connectivity index (χ1v) is 8.22. The summed E-state index contributed by atoms with van der Waals surface area (Å²) in [5.41, 5.74) is 2.07. The monoisotopic (exact) mass is 341 g/mol. The number of rotatable bonds is 3. The number of carbonyl (C=O) groups is 4. The number of aliphatic imine (C=N–C) groups is 1. The maximum atomic E-state index is 12.1. The molecule has 0 saturated carbocycles. The predicted octanol–water partition coefficient (Wildman–Crippen LogP) is 0.885. The first-order valence-electron chi connectivity index (χ1n) is 8.22. The summed E-state index contributed by atoms with van der Waals surface area (Å²) < 4.78 is 0. The van der Waals surface area contributed by atoms with Crippen molar-refractivity contribution < 1.29 is 19.2 Å². The van der Waals surface area contributed by atoms with Gasteiger partial charge in [0.1, 0.15) is 6.54 Å². The van der Waals surface area contributed by atoms with Crippen LogP contribution in [0.25, 0.3) is 0 Å². The van der Waals surface area contributed by atoms with Gasteiger partial charge in [0.05, 0.1) is 5.71 Å². The van der Waals surface area contributed by atoms with Crippen molar-refractivity contribution in [2.75, 3.05) is 6.54 Å². The van der Waals surface area contributed by atoms with Crippen LogP contribution in [0.2, 0.25) is 0 Å². The summed E-state index contributed by atoms with van der Waals surface area (Å²) in [4.78, 5) is 51.9. The Morgan fingerprint density at radius 3 is 2.56 bits per heavy atom. The van der Waals surface area contributed by atoms with E-state index in [1.54, 1.807) is 18.2 Å². The Bertz CT molecular complexity index is 770. The quantitative estimate of drug-likeness (QED) is 0.771. The summed E-state index contributed by atoms with van der Waals surface area (Å²) >= 11 is 0. The standard InChI is InChI=1S/C18H19N3O4/c1-10(2)13-8-15(22)20-14-7-11(3-4-12(13)14)19-16(23)9-21-17(24)5-6-18(21)25/h3-4,7-8,10,12H,5-6,9H2,1-2H3,(H,20,22).